The maximum atomic E-state index is 9.76. The number of nitrogens with one attached hydrogen (secondary N) is 1. The zero-order valence-electron chi connectivity index (χ0n) is 12.2. The Morgan fingerprint density at radius 3 is 2.47 bits per heavy atom. The van der Waals surface area contributed by atoms with Crippen molar-refractivity contribution in [3.8, 4) is 0 Å². The summed E-state index contributed by atoms with van der Waals surface area (Å²) in [5.74, 6) is -0.702. The number of methoxy groups -OCH3 is 1. The van der Waals surface area contributed by atoms with Gasteiger partial charge in [0, 0.05) is 25.1 Å². The Hall–Kier alpha value is -0.200. The van der Waals surface area contributed by atoms with Crippen LogP contribution in [0.2, 0.25) is 0 Å². The highest BCUT2D eigenvalue weighted by Gasteiger charge is 2.62. The molecular weight excluding hydrogens is 246 g/mol. The van der Waals surface area contributed by atoms with Crippen LogP contribution in [0.4, 0.5) is 0 Å². The molecule has 5 heteroatoms. The van der Waals surface area contributed by atoms with E-state index in [9.17, 15) is 5.11 Å². The Labute approximate surface area is 114 Å². The van der Waals surface area contributed by atoms with Crippen LogP contribution in [0.5, 0.6) is 0 Å². The average molecular weight is 271 g/mol. The minimum absolute atomic E-state index is 0.0263. The number of aliphatic hydroxyl groups excluding tert-OH is 1. The van der Waals surface area contributed by atoms with E-state index < -0.39 is 11.4 Å². The quantitative estimate of drug-likeness (QED) is 0.772. The molecule has 3 rings (SSSR count). The highest BCUT2D eigenvalue weighted by molar-refractivity contribution is 5.15. The summed E-state index contributed by atoms with van der Waals surface area (Å²) in [5, 5.41) is 13.3. The lowest BCUT2D eigenvalue weighted by Crippen LogP contribution is -2.71. The lowest BCUT2D eigenvalue weighted by atomic mass is 9.82. The first-order valence-corrected chi connectivity index (χ1v) is 7.14. The molecule has 2 N–H and O–H groups in total. The van der Waals surface area contributed by atoms with Crippen molar-refractivity contribution in [3.63, 3.8) is 0 Å². The van der Waals surface area contributed by atoms with Crippen molar-refractivity contribution in [2.75, 3.05) is 20.3 Å². The van der Waals surface area contributed by atoms with Crippen molar-refractivity contribution < 1.29 is 19.3 Å². The number of hydrogen-bond acceptors (Lipinski definition) is 5. The van der Waals surface area contributed by atoms with Gasteiger partial charge >= 0.3 is 0 Å². The SMILES string of the molecule is CO[C@@]1(C)O[C@@H]2[C@@H](CO)C3(CC3)NC[C@H]2OC1(C)C. The second kappa shape index (κ2) is 4.15. The van der Waals surface area contributed by atoms with Gasteiger partial charge < -0.3 is 24.6 Å². The van der Waals surface area contributed by atoms with Gasteiger partial charge in [0.25, 0.3) is 0 Å². The van der Waals surface area contributed by atoms with E-state index in [0.29, 0.717) is 0 Å². The van der Waals surface area contributed by atoms with E-state index >= 15 is 0 Å². The highest BCUT2D eigenvalue weighted by atomic mass is 16.7. The third kappa shape index (κ3) is 1.87. The van der Waals surface area contributed by atoms with Crippen LogP contribution in [0.25, 0.3) is 0 Å². The molecule has 3 aliphatic rings. The number of rotatable bonds is 2. The van der Waals surface area contributed by atoms with Crippen LogP contribution in [0, 0.1) is 5.92 Å². The molecule has 1 spiro atoms. The van der Waals surface area contributed by atoms with E-state index in [1.165, 1.54) is 0 Å². The maximum Gasteiger partial charge on any atom is 0.194 e. The summed E-state index contributed by atoms with van der Waals surface area (Å²) < 4.78 is 18.1. The molecule has 110 valence electrons. The Balaban J connectivity index is 1.87. The molecule has 0 unspecified atom stereocenters. The van der Waals surface area contributed by atoms with Crippen LogP contribution in [-0.4, -0.2) is 54.5 Å². The van der Waals surface area contributed by atoms with Gasteiger partial charge in [-0.15, -0.1) is 0 Å². The van der Waals surface area contributed by atoms with Gasteiger partial charge in [-0.2, -0.15) is 0 Å². The van der Waals surface area contributed by atoms with E-state index in [2.05, 4.69) is 5.32 Å². The topological polar surface area (TPSA) is 60.0 Å². The predicted molar refractivity (Wildman–Crippen MR) is 69.8 cm³/mol. The average Bonchev–Trinajstić information content (AvgIpc) is 3.12. The van der Waals surface area contributed by atoms with Crippen molar-refractivity contribution in [2.45, 2.75) is 62.7 Å². The minimum Gasteiger partial charge on any atom is -0.396 e. The molecule has 1 aliphatic carbocycles. The largest absolute Gasteiger partial charge is 0.396 e. The van der Waals surface area contributed by atoms with Gasteiger partial charge in [0.1, 0.15) is 5.60 Å². The van der Waals surface area contributed by atoms with Gasteiger partial charge in [0.15, 0.2) is 5.79 Å². The van der Waals surface area contributed by atoms with Crippen molar-refractivity contribution in [1.82, 2.24) is 5.32 Å². The summed E-state index contributed by atoms with van der Waals surface area (Å²) in [6.07, 6.45) is 2.09. The Bertz CT molecular complexity index is 368. The molecular formula is C14H25NO4. The predicted octanol–water partition coefficient (Wildman–Crippen LogP) is 0.656. The Morgan fingerprint density at radius 1 is 1.26 bits per heavy atom. The fourth-order valence-electron chi connectivity index (χ4n) is 3.53. The fraction of sp³-hybridized carbons (Fsp3) is 1.00. The van der Waals surface area contributed by atoms with Gasteiger partial charge in [-0.3, -0.25) is 0 Å². The first kappa shape index (κ1) is 13.8. The molecule has 0 aromatic heterocycles. The number of piperidine rings is 1. The molecule has 0 aromatic rings. The Kier molecular flexibility index (Phi) is 3.01. The summed E-state index contributed by atoms with van der Waals surface area (Å²) in [7, 11) is 1.65. The zero-order chi connectivity index (χ0) is 13.9. The normalized spacial score (nSPS) is 46.9. The molecule has 0 aromatic carbocycles. The van der Waals surface area contributed by atoms with Gasteiger partial charge in [0.2, 0.25) is 0 Å². The molecule has 2 saturated heterocycles. The van der Waals surface area contributed by atoms with Crippen molar-refractivity contribution >= 4 is 0 Å². The van der Waals surface area contributed by atoms with Crippen molar-refractivity contribution in [2.24, 2.45) is 5.92 Å². The number of ether oxygens (including phenoxy) is 3. The monoisotopic (exact) mass is 271 g/mol. The van der Waals surface area contributed by atoms with E-state index in [1.807, 2.05) is 20.8 Å². The molecule has 1 saturated carbocycles. The van der Waals surface area contributed by atoms with E-state index in [4.69, 9.17) is 14.2 Å². The molecule has 0 radical (unpaired) electrons. The number of fused-ring (bicyclic) bond motifs is 1. The van der Waals surface area contributed by atoms with E-state index in [0.717, 1.165) is 19.4 Å². The first-order chi connectivity index (χ1) is 8.87. The smallest absolute Gasteiger partial charge is 0.194 e. The third-order valence-corrected chi connectivity index (χ3v) is 5.40. The minimum atomic E-state index is -0.783. The fourth-order valence-corrected chi connectivity index (χ4v) is 3.53. The summed E-state index contributed by atoms with van der Waals surface area (Å²) >= 11 is 0. The van der Waals surface area contributed by atoms with Gasteiger partial charge in [-0.25, -0.2) is 0 Å². The Morgan fingerprint density at radius 2 is 1.95 bits per heavy atom. The molecule has 2 heterocycles. The second-order valence-electron chi connectivity index (χ2n) is 6.73. The van der Waals surface area contributed by atoms with E-state index in [1.54, 1.807) is 7.11 Å². The third-order valence-electron chi connectivity index (χ3n) is 5.40. The molecule has 5 nitrogen and oxygen atoms in total. The molecule has 2 aliphatic heterocycles. The lowest BCUT2D eigenvalue weighted by Gasteiger charge is -2.56. The summed E-state index contributed by atoms with van der Waals surface area (Å²) in [6.45, 7) is 6.80. The van der Waals surface area contributed by atoms with Crippen LogP contribution < -0.4 is 5.32 Å². The summed E-state index contributed by atoms with van der Waals surface area (Å²) in [4.78, 5) is 0. The lowest BCUT2D eigenvalue weighted by molar-refractivity contribution is -0.393. The van der Waals surface area contributed by atoms with E-state index in [-0.39, 0.29) is 30.3 Å². The zero-order valence-corrected chi connectivity index (χ0v) is 12.2. The summed E-state index contributed by atoms with van der Waals surface area (Å²) in [6, 6.07) is 0. The second-order valence-corrected chi connectivity index (χ2v) is 6.73. The molecule has 0 amide bonds. The van der Waals surface area contributed by atoms with Crippen LogP contribution >= 0.6 is 0 Å². The maximum absolute atomic E-state index is 9.76. The van der Waals surface area contributed by atoms with Gasteiger partial charge in [-0.1, -0.05) is 0 Å². The van der Waals surface area contributed by atoms with Gasteiger partial charge in [0.05, 0.1) is 18.8 Å². The number of aliphatic hydroxyl groups is 1. The van der Waals surface area contributed by atoms with Crippen LogP contribution in [0.15, 0.2) is 0 Å². The van der Waals surface area contributed by atoms with Crippen LogP contribution in [0.1, 0.15) is 33.6 Å². The highest BCUT2D eigenvalue weighted by Crippen LogP contribution is 2.51. The molecule has 3 fully saturated rings. The molecule has 0 bridgehead atoms. The summed E-state index contributed by atoms with van der Waals surface area (Å²) in [5.41, 5.74) is -0.450. The van der Waals surface area contributed by atoms with Crippen LogP contribution in [0.3, 0.4) is 0 Å². The standard InChI is InChI=1S/C14H25NO4/c1-12(2)13(3,17-4)19-11-9(8-16)14(5-6-14)15-7-10(11)18-12/h9-11,15-16H,5-8H2,1-4H3/t9-,10-,11-,13+/m1/s1. The number of hydrogen-bond donors (Lipinski definition) is 2. The van der Waals surface area contributed by atoms with Crippen molar-refractivity contribution in [1.29, 1.82) is 0 Å². The van der Waals surface area contributed by atoms with Gasteiger partial charge in [-0.05, 0) is 33.6 Å². The van der Waals surface area contributed by atoms with Crippen molar-refractivity contribution in [3.05, 3.63) is 0 Å². The first-order valence-electron chi connectivity index (χ1n) is 7.14. The van der Waals surface area contributed by atoms with Crippen LogP contribution in [-0.2, 0) is 14.2 Å². The molecule has 19 heavy (non-hydrogen) atoms. The molecule has 4 atom stereocenters.